The maximum atomic E-state index is 14.3. The number of hydrazone groups is 2. The highest BCUT2D eigenvalue weighted by Crippen LogP contribution is 2.46. The average Bonchev–Trinajstić information content (AvgIpc) is 1.62. The van der Waals surface area contributed by atoms with Crippen molar-refractivity contribution in [1.29, 1.82) is 0 Å². The number of hydrogen-bond donors (Lipinski definition) is 12. The van der Waals surface area contributed by atoms with Crippen LogP contribution in [0, 0.1) is 17.8 Å². The number of rotatable bonds is 37. The van der Waals surface area contributed by atoms with E-state index in [9.17, 15) is 62.6 Å². The molecule has 1 fully saturated rings. The van der Waals surface area contributed by atoms with E-state index in [4.69, 9.17) is 9.47 Å². The van der Waals surface area contributed by atoms with E-state index in [0.29, 0.717) is 36.8 Å². The van der Waals surface area contributed by atoms with Gasteiger partial charge in [-0.2, -0.15) is 10.2 Å². The Balaban J connectivity index is 0.000000299. The molecule has 9 rings (SSSR count). The SMILES string of the molecule is CCC[C@H](NC(=O)[C@H](CC(C)C)NC(=O)OCC1c2ccccc2-c2ccccc21)C(=NNC(=O)NC)C(=O)NCC(=O)N[C@H](C(C)=O)c1ccccc1.CCC[C@H](NC(=O)[C@H](CC(C)C)NC(=O)[C@@H](N=C([O-])OCC1c2ccccc2-c2ccccc21)C1CCCCC1)C(=NNC(=O)NC)C(=O)NCC(=O)N[C@H](C(C)=O)c1ccccc1. The smallest absolute Gasteiger partial charge is 0.407 e. The zero-order valence-electron chi connectivity index (χ0n) is 68.5. The molecule has 118 heavy (non-hydrogen) atoms. The van der Waals surface area contributed by atoms with Crippen molar-refractivity contribution in [1.82, 2.24) is 64.0 Å². The number of amides is 12. The fourth-order valence-corrected chi connectivity index (χ4v) is 14.7. The predicted molar refractivity (Wildman–Crippen MR) is 446 cm³/mol. The predicted octanol–water partition coefficient (Wildman–Crippen LogP) is 8.22. The van der Waals surface area contributed by atoms with Gasteiger partial charge in [0.1, 0.15) is 54.3 Å². The van der Waals surface area contributed by atoms with Crippen molar-refractivity contribution >= 4 is 88.6 Å². The summed E-state index contributed by atoms with van der Waals surface area (Å²) in [4.78, 5) is 162. The molecule has 0 heterocycles. The molecule has 30 heteroatoms. The van der Waals surface area contributed by atoms with E-state index in [1.807, 2.05) is 139 Å². The second kappa shape index (κ2) is 45.6. The number of benzene rings is 6. The van der Waals surface area contributed by atoms with Gasteiger partial charge in [0.25, 0.3) is 11.8 Å². The molecule has 6 aromatic carbocycles. The van der Waals surface area contributed by atoms with E-state index >= 15 is 0 Å². The van der Waals surface area contributed by atoms with Gasteiger partial charge < -0.3 is 67.7 Å². The van der Waals surface area contributed by atoms with Crippen molar-refractivity contribution in [2.24, 2.45) is 32.9 Å². The third kappa shape index (κ3) is 26.2. The molecule has 6 aromatic rings. The van der Waals surface area contributed by atoms with E-state index in [1.54, 1.807) is 60.7 Å². The van der Waals surface area contributed by atoms with Crippen molar-refractivity contribution < 1.29 is 72.1 Å². The summed E-state index contributed by atoms with van der Waals surface area (Å²) >= 11 is 0. The number of fused-ring (bicyclic) bond motifs is 6. The lowest BCUT2D eigenvalue weighted by Gasteiger charge is -2.31. The fraction of sp³-hybridized carbons (Fsp3) is 0.420. The molecular formula is C88H110N15O15-. The number of Topliss-reactive ketones (excluding diaryl/α,β-unsaturated/α-hetero) is 2. The Kier molecular flexibility index (Phi) is 35.1. The third-order valence-corrected chi connectivity index (χ3v) is 20.4. The summed E-state index contributed by atoms with van der Waals surface area (Å²) in [6.45, 7) is 12.9. The number of alkyl carbamates (subject to hydrolysis) is 1. The highest BCUT2D eigenvalue weighted by atomic mass is 16.6. The zero-order chi connectivity index (χ0) is 85.4. The highest BCUT2D eigenvalue weighted by Gasteiger charge is 2.37. The van der Waals surface area contributed by atoms with Crippen LogP contribution >= 0.6 is 0 Å². The van der Waals surface area contributed by atoms with Gasteiger partial charge in [0.05, 0.1) is 25.2 Å². The molecular weight excluding hydrogens is 1510 g/mol. The number of hydrogen-bond acceptors (Lipinski definition) is 18. The molecule has 0 spiro atoms. The van der Waals surface area contributed by atoms with Gasteiger partial charge in [-0.3, -0.25) is 48.1 Å². The van der Waals surface area contributed by atoms with Crippen LogP contribution in [0.15, 0.2) is 173 Å². The molecule has 628 valence electrons. The molecule has 3 aliphatic rings. The quantitative estimate of drug-likeness (QED) is 0.00993. The first-order chi connectivity index (χ1) is 56.7. The molecule has 3 aliphatic carbocycles. The number of carbonyl (C=O) groups excluding carboxylic acids is 12. The molecule has 0 aliphatic heterocycles. The molecule has 7 atom stereocenters. The van der Waals surface area contributed by atoms with Gasteiger partial charge in [0.2, 0.25) is 29.5 Å². The molecule has 12 amide bonds. The summed E-state index contributed by atoms with van der Waals surface area (Å²) in [5, 5.41) is 47.7. The Labute approximate surface area is 688 Å². The molecule has 0 unspecified atom stereocenters. The third-order valence-electron chi connectivity index (χ3n) is 20.4. The second-order valence-electron chi connectivity index (χ2n) is 30.1. The Morgan fingerprint density at radius 1 is 0.441 bits per heavy atom. The lowest BCUT2D eigenvalue weighted by Crippen LogP contribution is -2.56. The first kappa shape index (κ1) is 90.9. The number of carbonyl (C=O) groups is 12. The summed E-state index contributed by atoms with van der Waals surface area (Å²) in [5.41, 5.74) is 13.5. The van der Waals surface area contributed by atoms with Gasteiger partial charge in [-0.05, 0) is 126 Å². The first-order valence-corrected chi connectivity index (χ1v) is 40.2. The van der Waals surface area contributed by atoms with Crippen LogP contribution in [0.2, 0.25) is 0 Å². The van der Waals surface area contributed by atoms with Crippen molar-refractivity contribution in [3.63, 3.8) is 0 Å². The lowest BCUT2D eigenvalue weighted by molar-refractivity contribution is -0.251. The van der Waals surface area contributed by atoms with Gasteiger partial charge >= 0.3 is 18.2 Å². The minimum Gasteiger partial charge on any atom is -0.599 e. The van der Waals surface area contributed by atoms with Crippen LogP contribution in [-0.2, 0) is 52.6 Å². The second-order valence-corrected chi connectivity index (χ2v) is 30.1. The van der Waals surface area contributed by atoms with Crippen LogP contribution < -0.4 is 69.1 Å². The molecule has 0 radical (unpaired) electrons. The summed E-state index contributed by atoms with van der Waals surface area (Å²) in [6, 6.07) is 40.5. The van der Waals surface area contributed by atoms with Crippen molar-refractivity contribution in [3.05, 3.63) is 191 Å². The van der Waals surface area contributed by atoms with E-state index in [-0.39, 0.29) is 91.5 Å². The van der Waals surface area contributed by atoms with Gasteiger partial charge in [0, 0.05) is 32.5 Å². The standard InChI is InChI=1S/C48H62N8O8.C40H49N7O7/c1-6-17-38(43(55-56-47(62)49-5)45(60)50-27-40(58)53-41(30(4)57)31-18-9-7-10-19-31)51-44(59)39(26-29(2)3)52-46(61)42(32-20-11-8-12-21-32)54-48(63)64-28-37-35-24-15-13-22-33(35)34-23-14-16-25-36(34)37;1-6-14-32(36(46-47-39(52)41-5)38(51)42-22-34(49)45-35(25(4)48)26-15-8-7-9-16-26)43-37(50)33(21-24(2)3)44-40(53)54-23-31-29-19-12-10-17-27(29)28-18-11-13-20-30(28)31/h7,9-10,13-16,18-19,22-25,29,32,37-39,41-42H,6,8,11-12,17,20-21,26-28H2,1-5H3,(H,50,60)(H,51,59)(H,52,61)(H,53,58)(H,54,63)(H2,49,56,62);7-13,15-20,24,31-33,35H,6,14,21-23H2,1-5H3,(H,42,51)(H,43,50)(H,44,53)(H,45,49)(H2,41,47,52)/p-1/t38-,39-,41+,42-;32-,33-,35+/m00/s1. The Bertz CT molecular complexity index is 4500. The van der Waals surface area contributed by atoms with Crippen LogP contribution in [0.5, 0.6) is 0 Å². The summed E-state index contributed by atoms with van der Waals surface area (Å²) < 4.78 is 11.5. The molecule has 0 bridgehead atoms. The monoisotopic (exact) mass is 1620 g/mol. The zero-order valence-corrected chi connectivity index (χ0v) is 68.5. The van der Waals surface area contributed by atoms with Crippen LogP contribution in [0.4, 0.5) is 14.4 Å². The molecule has 0 saturated heterocycles. The van der Waals surface area contributed by atoms with Crippen molar-refractivity contribution in [2.75, 3.05) is 40.4 Å². The van der Waals surface area contributed by atoms with Crippen LogP contribution in [0.25, 0.3) is 22.3 Å². The van der Waals surface area contributed by atoms with Gasteiger partial charge in [-0.1, -0.05) is 231 Å². The minimum absolute atomic E-state index is 0.0150. The maximum absolute atomic E-state index is 14.3. The molecule has 1 saturated carbocycles. The fourth-order valence-electron chi connectivity index (χ4n) is 14.7. The van der Waals surface area contributed by atoms with E-state index in [2.05, 4.69) is 79.2 Å². The molecule has 30 nitrogen and oxygen atoms in total. The first-order valence-electron chi connectivity index (χ1n) is 40.2. The molecule has 12 N–H and O–H groups in total. The van der Waals surface area contributed by atoms with Gasteiger partial charge in [-0.15, -0.1) is 0 Å². The number of nitrogens with one attached hydrogen (secondary N) is 12. The summed E-state index contributed by atoms with van der Waals surface area (Å²) in [7, 11) is 2.72. The van der Waals surface area contributed by atoms with Crippen LogP contribution in [0.1, 0.15) is 183 Å². The van der Waals surface area contributed by atoms with E-state index in [0.717, 1.165) is 63.8 Å². The normalized spacial score (nSPS) is 14.9. The number of nitrogens with zero attached hydrogens (tertiary/aromatic N) is 3. The Hall–Kier alpha value is -12.6. The number of ketones is 2. The van der Waals surface area contributed by atoms with Crippen LogP contribution in [-0.4, -0.2) is 159 Å². The molecule has 0 aromatic heterocycles. The van der Waals surface area contributed by atoms with Gasteiger partial charge in [0.15, 0.2) is 11.6 Å². The Morgan fingerprint density at radius 2 is 0.797 bits per heavy atom. The van der Waals surface area contributed by atoms with E-state index in [1.165, 1.54) is 27.9 Å². The van der Waals surface area contributed by atoms with Crippen LogP contribution in [0.3, 0.4) is 0 Å². The minimum atomic E-state index is -1.11. The average molecular weight is 1620 g/mol. The maximum Gasteiger partial charge on any atom is 0.407 e. The van der Waals surface area contributed by atoms with Crippen molar-refractivity contribution in [3.8, 4) is 22.3 Å². The topological polar surface area (TPSA) is 428 Å². The van der Waals surface area contributed by atoms with Gasteiger partial charge in [-0.25, -0.2) is 25.2 Å². The number of aliphatic imine (C=N–C) groups is 1. The lowest BCUT2D eigenvalue weighted by atomic mass is 9.83. The summed E-state index contributed by atoms with van der Waals surface area (Å²) in [6.07, 6.45) is 4.24. The Morgan fingerprint density at radius 3 is 1.16 bits per heavy atom. The largest absolute Gasteiger partial charge is 0.599 e. The number of urea groups is 2. The van der Waals surface area contributed by atoms with Crippen molar-refractivity contribution in [2.45, 2.75) is 180 Å². The summed E-state index contributed by atoms with van der Waals surface area (Å²) in [5.74, 6) is -6.16. The van der Waals surface area contributed by atoms with E-state index < -0.39 is 121 Å². The number of ether oxygens (including phenoxy) is 2. The highest BCUT2D eigenvalue weighted by molar-refractivity contribution is 6.42.